The van der Waals surface area contributed by atoms with Crippen LogP contribution in [0.2, 0.25) is 0 Å². The molecule has 98 valence electrons. The molecule has 4 N–H and O–H groups in total. The number of hydrogen-bond acceptors (Lipinski definition) is 5. The van der Waals surface area contributed by atoms with Gasteiger partial charge in [-0.3, -0.25) is 9.97 Å². The summed E-state index contributed by atoms with van der Waals surface area (Å²) in [5, 5.41) is 21.8. The van der Waals surface area contributed by atoms with Gasteiger partial charge in [-0.15, -0.1) is 0 Å². The molecule has 1 aromatic heterocycles. The average Bonchev–Trinajstić information content (AvgIpc) is 2.35. The Morgan fingerprint density at radius 3 is 2.61 bits per heavy atom. The van der Waals surface area contributed by atoms with Crippen LogP contribution in [-0.2, 0) is 11.3 Å². The maximum Gasteiger partial charge on any atom is 0.328 e. The highest BCUT2D eigenvalue weighted by Gasteiger charge is 2.18. The molecule has 0 radical (unpaired) electrons. The van der Waals surface area contributed by atoms with E-state index >= 15 is 0 Å². The van der Waals surface area contributed by atoms with Gasteiger partial charge in [0, 0.05) is 6.20 Å². The minimum atomic E-state index is -1.32. The van der Waals surface area contributed by atoms with Crippen LogP contribution in [0.5, 0.6) is 0 Å². The largest absolute Gasteiger partial charge is 0.480 e. The number of rotatable bonds is 5. The molecule has 0 fully saturated rings. The Morgan fingerprint density at radius 1 is 1.39 bits per heavy atom. The molecule has 1 rings (SSSR count). The molecular weight excluding hydrogens is 240 g/mol. The summed E-state index contributed by atoms with van der Waals surface area (Å²) in [7, 11) is 0. The average molecular weight is 254 g/mol. The molecular formula is C10H14N4O4. The fourth-order valence-corrected chi connectivity index (χ4v) is 1.08. The summed E-state index contributed by atoms with van der Waals surface area (Å²) in [6.45, 7) is 1.24. The smallest absolute Gasteiger partial charge is 0.328 e. The molecule has 0 unspecified atom stereocenters. The van der Waals surface area contributed by atoms with Crippen LogP contribution in [-0.4, -0.2) is 44.8 Å². The Balaban J connectivity index is 2.41. The van der Waals surface area contributed by atoms with Gasteiger partial charge in [0.2, 0.25) is 0 Å². The van der Waals surface area contributed by atoms with E-state index in [1.807, 2.05) is 0 Å². The second kappa shape index (κ2) is 6.50. The zero-order valence-electron chi connectivity index (χ0n) is 9.75. The molecule has 0 aliphatic carbocycles. The second-order valence-corrected chi connectivity index (χ2v) is 3.55. The minimum absolute atomic E-state index is 0.122. The lowest BCUT2D eigenvalue weighted by atomic mass is 10.3. The Kier molecular flexibility index (Phi) is 5.00. The number of carboxylic acid groups (broad SMARTS) is 1. The third-order valence-corrected chi connectivity index (χ3v) is 2.05. The van der Waals surface area contributed by atoms with Gasteiger partial charge >= 0.3 is 12.0 Å². The van der Waals surface area contributed by atoms with Crippen molar-refractivity contribution in [1.82, 2.24) is 20.6 Å². The predicted octanol–water partition coefficient (Wildman–Crippen LogP) is -0.970. The quantitative estimate of drug-likeness (QED) is 0.536. The number of urea groups is 1. The number of aliphatic carboxylic acids is 1. The van der Waals surface area contributed by atoms with Crippen molar-refractivity contribution in [3.05, 3.63) is 23.8 Å². The predicted molar refractivity (Wildman–Crippen MR) is 60.7 cm³/mol. The number of nitrogens with zero attached hydrogens (tertiary/aromatic N) is 2. The first-order valence-electron chi connectivity index (χ1n) is 5.18. The highest BCUT2D eigenvalue weighted by Crippen LogP contribution is 1.93. The van der Waals surface area contributed by atoms with Gasteiger partial charge in [0.05, 0.1) is 30.7 Å². The molecule has 1 heterocycles. The molecule has 0 aliphatic rings. The van der Waals surface area contributed by atoms with Crippen molar-refractivity contribution in [1.29, 1.82) is 0 Å². The number of aromatic nitrogens is 2. The molecule has 8 nitrogen and oxygen atoms in total. The maximum atomic E-state index is 11.3. The fraction of sp³-hybridized carbons (Fsp3) is 0.400. The number of hydrogen-bond donors (Lipinski definition) is 4. The van der Waals surface area contributed by atoms with Gasteiger partial charge in [0.1, 0.15) is 0 Å². The SMILES string of the molecule is Cc1cnc(CNC(=O)N[C@H](CO)C(=O)O)cn1. The standard InChI is InChI=1S/C10H14N4O4/c1-6-2-12-7(3-11-6)4-13-10(18)14-8(5-15)9(16)17/h2-3,8,15H,4-5H2,1H3,(H,16,17)(H2,13,14,18)/t8-/m1/s1. The van der Waals surface area contributed by atoms with Gasteiger partial charge in [-0.25, -0.2) is 9.59 Å². The number of amides is 2. The van der Waals surface area contributed by atoms with Gasteiger partial charge in [-0.2, -0.15) is 0 Å². The third-order valence-electron chi connectivity index (χ3n) is 2.05. The van der Waals surface area contributed by atoms with Crippen LogP contribution in [0.1, 0.15) is 11.4 Å². The molecule has 0 saturated heterocycles. The van der Waals surface area contributed by atoms with E-state index in [2.05, 4.69) is 20.6 Å². The summed E-state index contributed by atoms with van der Waals surface area (Å²) in [6.07, 6.45) is 3.07. The number of nitrogens with one attached hydrogen (secondary N) is 2. The Hall–Kier alpha value is -2.22. The summed E-state index contributed by atoms with van der Waals surface area (Å²) in [5.74, 6) is -1.30. The highest BCUT2D eigenvalue weighted by atomic mass is 16.4. The molecule has 0 bridgehead atoms. The van der Waals surface area contributed by atoms with Crippen molar-refractivity contribution in [3.8, 4) is 0 Å². The number of carbonyl (C=O) groups is 2. The number of carboxylic acids is 1. The van der Waals surface area contributed by atoms with Crippen LogP contribution in [0.4, 0.5) is 4.79 Å². The van der Waals surface area contributed by atoms with Gasteiger partial charge in [0.15, 0.2) is 6.04 Å². The van der Waals surface area contributed by atoms with E-state index in [0.717, 1.165) is 5.69 Å². The van der Waals surface area contributed by atoms with Gasteiger partial charge in [0.25, 0.3) is 0 Å². The van der Waals surface area contributed by atoms with Crippen LogP contribution in [0.3, 0.4) is 0 Å². The minimum Gasteiger partial charge on any atom is -0.480 e. The third kappa shape index (κ3) is 4.34. The molecule has 18 heavy (non-hydrogen) atoms. The second-order valence-electron chi connectivity index (χ2n) is 3.55. The fourth-order valence-electron chi connectivity index (χ4n) is 1.08. The van der Waals surface area contributed by atoms with Crippen molar-refractivity contribution in [2.45, 2.75) is 19.5 Å². The van der Waals surface area contributed by atoms with Crippen LogP contribution < -0.4 is 10.6 Å². The monoisotopic (exact) mass is 254 g/mol. The van der Waals surface area contributed by atoms with E-state index in [0.29, 0.717) is 5.69 Å². The summed E-state index contributed by atoms with van der Waals surface area (Å²) in [6, 6.07) is -2.02. The Morgan fingerprint density at radius 2 is 2.11 bits per heavy atom. The van der Waals surface area contributed by atoms with E-state index in [4.69, 9.17) is 10.2 Å². The van der Waals surface area contributed by atoms with Crippen molar-refractivity contribution in [3.63, 3.8) is 0 Å². The summed E-state index contributed by atoms with van der Waals surface area (Å²) < 4.78 is 0. The summed E-state index contributed by atoms with van der Waals surface area (Å²) in [4.78, 5) is 29.9. The molecule has 1 aromatic rings. The first-order valence-corrected chi connectivity index (χ1v) is 5.18. The molecule has 0 spiro atoms. The van der Waals surface area contributed by atoms with Crippen LogP contribution in [0, 0.1) is 6.92 Å². The number of aryl methyl sites for hydroxylation is 1. The molecule has 0 aromatic carbocycles. The molecule has 2 amide bonds. The Bertz CT molecular complexity index is 420. The lowest BCUT2D eigenvalue weighted by Gasteiger charge is -2.12. The first-order chi connectivity index (χ1) is 8.52. The van der Waals surface area contributed by atoms with Gasteiger partial charge in [-0.1, -0.05) is 0 Å². The number of aliphatic hydroxyl groups is 1. The zero-order valence-corrected chi connectivity index (χ0v) is 9.75. The number of carbonyl (C=O) groups excluding carboxylic acids is 1. The van der Waals surface area contributed by atoms with E-state index in [1.165, 1.54) is 6.20 Å². The van der Waals surface area contributed by atoms with Crippen molar-refractivity contribution in [2.24, 2.45) is 0 Å². The number of aliphatic hydroxyl groups excluding tert-OH is 1. The topological polar surface area (TPSA) is 124 Å². The molecule has 8 heteroatoms. The van der Waals surface area contributed by atoms with Gasteiger partial charge < -0.3 is 20.8 Å². The normalized spacial score (nSPS) is 11.7. The molecule has 0 saturated carbocycles. The van der Waals surface area contributed by atoms with Crippen molar-refractivity contribution >= 4 is 12.0 Å². The Labute approximate surface area is 103 Å². The van der Waals surface area contributed by atoms with Crippen molar-refractivity contribution in [2.75, 3.05) is 6.61 Å². The van der Waals surface area contributed by atoms with E-state index in [-0.39, 0.29) is 6.54 Å². The van der Waals surface area contributed by atoms with Crippen LogP contribution in [0.25, 0.3) is 0 Å². The maximum absolute atomic E-state index is 11.3. The molecule has 1 atom stereocenters. The zero-order chi connectivity index (χ0) is 13.5. The van der Waals surface area contributed by atoms with Crippen molar-refractivity contribution < 1.29 is 19.8 Å². The summed E-state index contributed by atoms with van der Waals surface area (Å²) >= 11 is 0. The van der Waals surface area contributed by atoms with Crippen LogP contribution >= 0.6 is 0 Å². The lowest BCUT2D eigenvalue weighted by molar-refractivity contribution is -0.140. The van der Waals surface area contributed by atoms with Crippen LogP contribution in [0.15, 0.2) is 12.4 Å². The first kappa shape index (κ1) is 13.8. The lowest BCUT2D eigenvalue weighted by Crippen LogP contribution is -2.47. The highest BCUT2D eigenvalue weighted by molar-refractivity contribution is 5.82. The van der Waals surface area contributed by atoms with E-state index < -0.39 is 24.6 Å². The van der Waals surface area contributed by atoms with E-state index in [1.54, 1.807) is 13.1 Å². The van der Waals surface area contributed by atoms with E-state index in [9.17, 15) is 9.59 Å². The van der Waals surface area contributed by atoms with Gasteiger partial charge in [-0.05, 0) is 6.92 Å². The summed E-state index contributed by atoms with van der Waals surface area (Å²) in [5.41, 5.74) is 1.31. The molecule has 0 aliphatic heterocycles.